The first-order valence-corrected chi connectivity index (χ1v) is 18.9. The van der Waals surface area contributed by atoms with Crippen molar-refractivity contribution in [1.29, 1.82) is 0 Å². The molecule has 0 spiro atoms. The number of methoxy groups -OCH3 is 1. The standard InChI is InChI=1S/C43H50F2N3O5/c1-4-16-46(34-24-32(44)23-33(45)25-34)43(50)40-30-47(35-26-37(51-3)28-38(27-35)52-21-5-2)41-29-36(11-12-39(41)42(40)49)53-22-10-8-6-7-9-17-48-18-13-31(14-19-48)15-20-48/h1,11-12,23-31H,5-10,13-22H2,2-3H3/q+1. The molecule has 7 rings (SSSR count). The molecule has 0 unspecified atom stereocenters. The molecule has 4 aromatic rings. The van der Waals surface area contributed by atoms with Gasteiger partial charge in [-0.25, -0.2) is 8.78 Å². The number of fused-ring (bicyclic) bond motifs is 4. The maximum atomic E-state index is 14.2. The number of terminal acetylenes is 1. The van der Waals surface area contributed by atoms with Crippen LogP contribution >= 0.6 is 0 Å². The van der Waals surface area contributed by atoms with Gasteiger partial charge in [0.2, 0.25) is 5.43 Å². The summed E-state index contributed by atoms with van der Waals surface area (Å²) in [4.78, 5) is 29.1. The van der Waals surface area contributed by atoms with Crippen LogP contribution in [0.2, 0.25) is 0 Å². The van der Waals surface area contributed by atoms with Crippen molar-refractivity contribution >= 4 is 22.5 Å². The van der Waals surface area contributed by atoms with Gasteiger partial charge in [-0.3, -0.25) is 14.5 Å². The van der Waals surface area contributed by atoms with Crippen molar-refractivity contribution in [3.63, 3.8) is 0 Å². The van der Waals surface area contributed by atoms with Gasteiger partial charge in [0.05, 0.1) is 69.9 Å². The summed E-state index contributed by atoms with van der Waals surface area (Å²) in [5.74, 6) is 2.43. The number of ether oxygens (including phenoxy) is 3. The molecular formula is C43H50F2N3O5+. The van der Waals surface area contributed by atoms with E-state index in [0.29, 0.717) is 47.7 Å². The monoisotopic (exact) mass is 726 g/mol. The summed E-state index contributed by atoms with van der Waals surface area (Å²) in [6.07, 6.45) is 17.7. The van der Waals surface area contributed by atoms with Gasteiger partial charge >= 0.3 is 0 Å². The minimum absolute atomic E-state index is 0.105. The van der Waals surface area contributed by atoms with Crippen LogP contribution in [0.3, 0.4) is 0 Å². The lowest BCUT2D eigenvalue weighted by atomic mass is 9.85. The van der Waals surface area contributed by atoms with E-state index < -0.39 is 23.0 Å². The minimum atomic E-state index is -0.880. The van der Waals surface area contributed by atoms with E-state index in [0.717, 1.165) is 42.2 Å². The number of carbonyl (C=O) groups excluding carboxylic acids is 1. The van der Waals surface area contributed by atoms with Crippen LogP contribution in [0, 0.1) is 29.9 Å². The Hall–Kier alpha value is -4.88. The number of quaternary nitrogens is 1. The Morgan fingerprint density at radius 3 is 2.26 bits per heavy atom. The van der Waals surface area contributed by atoms with Gasteiger partial charge < -0.3 is 23.3 Å². The lowest BCUT2D eigenvalue weighted by Crippen LogP contribution is -2.58. The predicted molar refractivity (Wildman–Crippen MR) is 204 cm³/mol. The Kier molecular flexibility index (Phi) is 12.4. The Morgan fingerprint density at radius 1 is 0.887 bits per heavy atom. The molecule has 10 heteroatoms. The highest BCUT2D eigenvalue weighted by molar-refractivity contribution is 6.08. The van der Waals surface area contributed by atoms with E-state index in [2.05, 4.69) is 5.92 Å². The predicted octanol–water partition coefficient (Wildman–Crippen LogP) is 8.31. The van der Waals surface area contributed by atoms with Crippen molar-refractivity contribution in [2.75, 3.05) is 57.9 Å². The smallest absolute Gasteiger partial charge is 0.264 e. The number of hydrogen-bond donors (Lipinski definition) is 0. The molecule has 0 radical (unpaired) electrons. The van der Waals surface area contributed by atoms with Crippen molar-refractivity contribution in [2.24, 2.45) is 5.92 Å². The summed E-state index contributed by atoms with van der Waals surface area (Å²) in [7, 11) is 1.54. The highest BCUT2D eigenvalue weighted by atomic mass is 19.1. The molecule has 1 amide bonds. The molecule has 8 nitrogen and oxygen atoms in total. The molecule has 53 heavy (non-hydrogen) atoms. The lowest BCUT2D eigenvalue weighted by molar-refractivity contribution is -0.942. The van der Waals surface area contributed by atoms with E-state index in [1.54, 1.807) is 48.1 Å². The maximum Gasteiger partial charge on any atom is 0.264 e. The van der Waals surface area contributed by atoms with Crippen molar-refractivity contribution < 1.29 is 32.3 Å². The average Bonchev–Trinajstić information content (AvgIpc) is 3.17. The number of pyridine rings is 1. The van der Waals surface area contributed by atoms with Crippen molar-refractivity contribution in [3.8, 4) is 35.3 Å². The second-order valence-electron chi connectivity index (χ2n) is 14.4. The van der Waals surface area contributed by atoms with Gasteiger partial charge in [0, 0.05) is 41.9 Å². The summed E-state index contributed by atoms with van der Waals surface area (Å²) < 4.78 is 49.3. The number of carbonyl (C=O) groups is 1. The van der Waals surface area contributed by atoms with Gasteiger partial charge in [0.1, 0.15) is 34.4 Å². The summed E-state index contributed by atoms with van der Waals surface area (Å²) in [6, 6.07) is 13.2. The average molecular weight is 727 g/mol. The topological polar surface area (TPSA) is 70.0 Å². The molecule has 1 aromatic heterocycles. The van der Waals surface area contributed by atoms with Crippen LogP contribution in [0.15, 0.2) is 65.6 Å². The molecule has 0 aliphatic carbocycles. The first-order valence-electron chi connectivity index (χ1n) is 18.9. The van der Waals surface area contributed by atoms with E-state index in [-0.39, 0.29) is 23.2 Å². The second kappa shape index (κ2) is 17.3. The van der Waals surface area contributed by atoms with Crippen LogP contribution in [0.4, 0.5) is 14.5 Å². The first kappa shape index (κ1) is 37.9. The van der Waals surface area contributed by atoms with Gasteiger partial charge in [0.15, 0.2) is 0 Å². The fourth-order valence-electron chi connectivity index (χ4n) is 7.83. The molecule has 3 aliphatic rings. The SMILES string of the molecule is C#CCN(C(=O)c1cn(-c2cc(OC)cc(OCCC)c2)c2cc(OCCCCCCC[N+]34CCC(CC3)CC4)ccc2c1=O)c1cc(F)cc(F)c1. The molecular weight excluding hydrogens is 676 g/mol. The van der Waals surface area contributed by atoms with Gasteiger partial charge in [-0.15, -0.1) is 6.42 Å². The molecule has 0 N–H and O–H groups in total. The molecule has 3 aromatic carbocycles. The normalized spacial score (nSPS) is 17.8. The van der Waals surface area contributed by atoms with Crippen LogP contribution in [0.25, 0.3) is 16.6 Å². The van der Waals surface area contributed by atoms with E-state index in [9.17, 15) is 18.4 Å². The fraction of sp³-hybridized carbons (Fsp3) is 0.442. The highest BCUT2D eigenvalue weighted by Crippen LogP contribution is 2.34. The second-order valence-corrected chi connectivity index (χ2v) is 14.4. The van der Waals surface area contributed by atoms with Crippen molar-refractivity contribution in [3.05, 3.63) is 88.2 Å². The summed E-state index contributed by atoms with van der Waals surface area (Å²) in [5, 5.41) is 0.248. The number of amides is 1. The van der Waals surface area contributed by atoms with Gasteiger partial charge in [0.25, 0.3) is 5.91 Å². The third-order valence-corrected chi connectivity index (χ3v) is 10.8. The lowest BCUT2D eigenvalue weighted by Gasteiger charge is -2.49. The number of anilines is 1. The third-order valence-electron chi connectivity index (χ3n) is 10.8. The molecule has 3 saturated heterocycles. The van der Waals surface area contributed by atoms with Crippen molar-refractivity contribution in [1.82, 2.24) is 4.57 Å². The van der Waals surface area contributed by atoms with Crippen LogP contribution < -0.4 is 24.5 Å². The largest absolute Gasteiger partial charge is 0.497 e. The Balaban J connectivity index is 1.24. The summed E-state index contributed by atoms with van der Waals surface area (Å²) in [6.45, 7) is 8.14. The van der Waals surface area contributed by atoms with E-state index in [1.807, 2.05) is 6.92 Å². The zero-order chi connectivity index (χ0) is 37.4. The molecule has 280 valence electrons. The van der Waals surface area contributed by atoms with E-state index >= 15 is 0 Å². The zero-order valence-electron chi connectivity index (χ0n) is 30.9. The van der Waals surface area contributed by atoms with E-state index in [4.69, 9.17) is 20.6 Å². The molecule has 0 saturated carbocycles. The van der Waals surface area contributed by atoms with Gasteiger partial charge in [-0.1, -0.05) is 25.7 Å². The Labute approximate surface area is 310 Å². The van der Waals surface area contributed by atoms with Crippen molar-refractivity contribution in [2.45, 2.75) is 64.7 Å². The summed E-state index contributed by atoms with van der Waals surface area (Å²) in [5.41, 5.74) is 0.155. The Morgan fingerprint density at radius 2 is 1.57 bits per heavy atom. The van der Waals surface area contributed by atoms with Gasteiger partial charge in [-0.2, -0.15) is 0 Å². The maximum absolute atomic E-state index is 14.2. The first-order chi connectivity index (χ1) is 25.7. The number of piperidine rings is 3. The molecule has 0 atom stereocenters. The number of nitrogens with zero attached hydrogens (tertiary/aromatic N) is 3. The Bertz CT molecular complexity index is 1980. The fourth-order valence-corrected chi connectivity index (χ4v) is 7.83. The molecule has 3 fully saturated rings. The van der Waals surface area contributed by atoms with Crippen LogP contribution in [-0.2, 0) is 0 Å². The minimum Gasteiger partial charge on any atom is -0.497 e. The number of hydrogen-bond acceptors (Lipinski definition) is 5. The number of halogens is 2. The van der Waals surface area contributed by atoms with Crippen LogP contribution in [0.5, 0.6) is 17.2 Å². The van der Waals surface area contributed by atoms with Crippen LogP contribution in [0.1, 0.15) is 75.1 Å². The third kappa shape index (κ3) is 9.02. The zero-order valence-corrected chi connectivity index (χ0v) is 30.9. The molecule has 2 bridgehead atoms. The summed E-state index contributed by atoms with van der Waals surface area (Å²) >= 11 is 0. The quantitative estimate of drug-likeness (QED) is 0.0623. The number of unbranched alkanes of at least 4 members (excludes halogenated alkanes) is 4. The number of aromatic nitrogens is 1. The molecule has 3 aliphatic heterocycles. The molecule has 4 heterocycles. The van der Waals surface area contributed by atoms with Crippen LogP contribution in [-0.4, -0.2) is 68.0 Å². The van der Waals surface area contributed by atoms with Gasteiger partial charge in [-0.05, 0) is 75.1 Å². The van der Waals surface area contributed by atoms with E-state index in [1.165, 1.54) is 75.4 Å². The number of benzene rings is 3. The number of rotatable bonds is 17. The highest BCUT2D eigenvalue weighted by Gasteiger charge is 2.38.